The smallest absolute Gasteiger partial charge is 0.351 e. The number of esters is 1. The molecule has 7 atom stereocenters. The second kappa shape index (κ2) is 10.7. The second-order valence-corrected chi connectivity index (χ2v) is 15.2. The number of fused-ring (bicyclic) bond motifs is 6. The van der Waals surface area contributed by atoms with E-state index in [-0.39, 0.29) is 17.1 Å². The number of hydrogen-bond donors (Lipinski definition) is 0. The molecule has 6 rings (SSSR count). The third kappa shape index (κ3) is 4.91. The predicted molar refractivity (Wildman–Crippen MR) is 165 cm³/mol. The van der Waals surface area contributed by atoms with Crippen LogP contribution in [0.2, 0.25) is 0 Å². The van der Waals surface area contributed by atoms with Crippen molar-refractivity contribution in [1.29, 1.82) is 0 Å². The normalized spacial score (nSPS) is 36.4. The van der Waals surface area contributed by atoms with Crippen LogP contribution in [0.3, 0.4) is 0 Å². The van der Waals surface area contributed by atoms with E-state index in [1.165, 1.54) is 56.9 Å². The van der Waals surface area contributed by atoms with Crippen LogP contribution in [-0.2, 0) is 4.74 Å². The summed E-state index contributed by atoms with van der Waals surface area (Å²) < 4.78 is 11.4. The largest absolute Gasteiger partial charge is 0.458 e. The molecular formula is C37H50O4. The summed E-state index contributed by atoms with van der Waals surface area (Å²) in [4.78, 5) is 25.7. The van der Waals surface area contributed by atoms with Crippen LogP contribution < -0.4 is 5.63 Å². The first kappa shape index (κ1) is 28.7. The molecule has 0 spiro atoms. The van der Waals surface area contributed by atoms with Crippen LogP contribution in [0.5, 0.6) is 0 Å². The first-order valence-corrected chi connectivity index (χ1v) is 16.5. The zero-order valence-electron chi connectivity index (χ0n) is 26.0. The SMILES string of the molecule is CC(C)CCCC[C@H]1CC[C@@H]2[C@]3(C)CC=C4C[C@@H](OC(=O)c5cc6ccccc6oc5=O)CC[C@]4(C)[C@@H]3CC[C@]12C. The van der Waals surface area contributed by atoms with Gasteiger partial charge in [0.2, 0.25) is 0 Å². The Morgan fingerprint density at radius 3 is 2.61 bits per heavy atom. The lowest BCUT2D eigenvalue weighted by Crippen LogP contribution is -2.56. The minimum absolute atomic E-state index is 0.00575. The summed E-state index contributed by atoms with van der Waals surface area (Å²) in [5, 5.41) is 0.735. The number of para-hydroxylation sites is 1. The zero-order valence-corrected chi connectivity index (χ0v) is 26.0. The number of unbranched alkanes of at least 4 members (excludes halogenated alkanes) is 1. The van der Waals surface area contributed by atoms with Crippen LogP contribution in [0.1, 0.15) is 122 Å². The van der Waals surface area contributed by atoms with Gasteiger partial charge in [0.1, 0.15) is 17.3 Å². The summed E-state index contributed by atoms with van der Waals surface area (Å²) in [5.74, 6) is 2.65. The van der Waals surface area contributed by atoms with E-state index in [0.29, 0.717) is 22.3 Å². The van der Waals surface area contributed by atoms with E-state index in [1.54, 1.807) is 12.1 Å². The maximum atomic E-state index is 13.1. The number of carbonyl (C=O) groups excluding carboxylic acids is 1. The minimum atomic E-state index is -0.623. The predicted octanol–water partition coefficient (Wildman–Crippen LogP) is 9.50. The average molecular weight is 559 g/mol. The molecule has 0 radical (unpaired) electrons. The van der Waals surface area contributed by atoms with Crippen molar-refractivity contribution < 1.29 is 13.9 Å². The monoisotopic (exact) mass is 558 g/mol. The van der Waals surface area contributed by atoms with Gasteiger partial charge >= 0.3 is 11.6 Å². The number of benzene rings is 1. The van der Waals surface area contributed by atoms with E-state index in [9.17, 15) is 9.59 Å². The van der Waals surface area contributed by atoms with Gasteiger partial charge in [-0.05, 0) is 103 Å². The van der Waals surface area contributed by atoms with Crippen molar-refractivity contribution in [2.24, 2.45) is 39.9 Å². The molecule has 4 aliphatic rings. The van der Waals surface area contributed by atoms with Crippen LogP contribution in [-0.4, -0.2) is 12.1 Å². The lowest BCUT2D eigenvalue weighted by atomic mass is 9.41. The lowest BCUT2D eigenvalue weighted by Gasteiger charge is -2.63. The molecule has 41 heavy (non-hydrogen) atoms. The summed E-state index contributed by atoms with van der Waals surface area (Å²) in [5.41, 5.74) is 2.36. The third-order valence-corrected chi connectivity index (χ3v) is 12.5. The molecule has 0 aliphatic heterocycles. The molecule has 0 amide bonds. The Morgan fingerprint density at radius 2 is 1.80 bits per heavy atom. The van der Waals surface area contributed by atoms with Gasteiger partial charge in [0.15, 0.2) is 0 Å². The molecule has 1 aromatic heterocycles. The highest BCUT2D eigenvalue weighted by Crippen LogP contribution is 2.71. The van der Waals surface area contributed by atoms with E-state index in [4.69, 9.17) is 9.15 Å². The molecule has 3 fully saturated rings. The Morgan fingerprint density at radius 1 is 1.00 bits per heavy atom. The highest BCUT2D eigenvalue weighted by atomic mass is 16.5. The molecule has 4 aliphatic carbocycles. The Kier molecular flexibility index (Phi) is 7.52. The molecule has 1 heterocycles. The fourth-order valence-electron chi connectivity index (χ4n) is 10.3. The van der Waals surface area contributed by atoms with Crippen molar-refractivity contribution in [3.8, 4) is 0 Å². The summed E-state index contributed by atoms with van der Waals surface area (Å²) in [6, 6.07) is 8.89. The van der Waals surface area contributed by atoms with Gasteiger partial charge in [-0.3, -0.25) is 0 Å². The summed E-state index contributed by atoms with van der Waals surface area (Å²) >= 11 is 0. The number of rotatable bonds is 7. The van der Waals surface area contributed by atoms with Gasteiger partial charge in [0.25, 0.3) is 0 Å². The summed E-state index contributed by atoms with van der Waals surface area (Å²) in [6.45, 7) is 12.5. The summed E-state index contributed by atoms with van der Waals surface area (Å²) in [7, 11) is 0. The average Bonchev–Trinajstić information content (AvgIpc) is 3.28. The van der Waals surface area contributed by atoms with Gasteiger partial charge in [-0.1, -0.05) is 83.7 Å². The highest BCUT2D eigenvalue weighted by molar-refractivity contribution is 5.92. The fourth-order valence-corrected chi connectivity index (χ4v) is 10.3. The first-order chi connectivity index (χ1) is 19.5. The minimum Gasteiger partial charge on any atom is -0.458 e. The third-order valence-electron chi connectivity index (χ3n) is 12.5. The zero-order chi connectivity index (χ0) is 29.0. The van der Waals surface area contributed by atoms with Crippen LogP contribution in [0.15, 0.2) is 51.2 Å². The van der Waals surface area contributed by atoms with Crippen LogP contribution in [0.4, 0.5) is 0 Å². The number of carbonyl (C=O) groups is 1. The first-order valence-electron chi connectivity index (χ1n) is 16.5. The lowest BCUT2D eigenvalue weighted by molar-refractivity contribution is -0.110. The van der Waals surface area contributed by atoms with E-state index in [2.05, 4.69) is 40.7 Å². The highest BCUT2D eigenvalue weighted by Gasteiger charge is 2.63. The molecule has 2 aromatic rings. The second-order valence-electron chi connectivity index (χ2n) is 15.2. The molecule has 0 bridgehead atoms. The topological polar surface area (TPSA) is 56.5 Å². The molecular weight excluding hydrogens is 508 g/mol. The van der Waals surface area contributed by atoms with Gasteiger partial charge in [0.05, 0.1) is 0 Å². The van der Waals surface area contributed by atoms with Crippen LogP contribution in [0, 0.1) is 39.9 Å². The van der Waals surface area contributed by atoms with E-state index in [0.717, 1.165) is 48.8 Å². The summed E-state index contributed by atoms with van der Waals surface area (Å²) in [6.07, 6.45) is 17.3. The van der Waals surface area contributed by atoms with Gasteiger partial charge < -0.3 is 9.15 Å². The number of allylic oxidation sites excluding steroid dienone is 1. The van der Waals surface area contributed by atoms with Crippen molar-refractivity contribution in [2.75, 3.05) is 0 Å². The quantitative estimate of drug-likeness (QED) is 0.147. The van der Waals surface area contributed by atoms with E-state index in [1.807, 2.05) is 18.2 Å². The fraction of sp³-hybridized carbons (Fsp3) is 0.676. The van der Waals surface area contributed by atoms with Gasteiger partial charge in [-0.2, -0.15) is 0 Å². The Labute approximate surface area is 246 Å². The van der Waals surface area contributed by atoms with Crippen molar-refractivity contribution in [3.05, 3.63) is 58.0 Å². The maximum absolute atomic E-state index is 13.1. The molecule has 4 heteroatoms. The standard InChI is InChI=1S/C37H50O4/c1-24(2)10-6-8-12-26-14-15-31-35(26,3)21-18-32-36(4)20-17-28(23-27(36)16-19-37(31,32)5)40-33(38)29-22-25-11-7-9-13-30(25)41-34(29)39/h7,9,11,13,16,22,24,26,28,31-32H,6,8,10,12,14-15,17-21,23H2,1-5H3/t26-,28-,31-,32-,35+,36-,37-/m0/s1. The maximum Gasteiger partial charge on any atom is 0.351 e. The van der Waals surface area contributed by atoms with Crippen molar-refractivity contribution in [2.45, 2.75) is 118 Å². The van der Waals surface area contributed by atoms with Gasteiger partial charge in [-0.15, -0.1) is 0 Å². The van der Waals surface area contributed by atoms with Crippen LogP contribution >= 0.6 is 0 Å². The molecule has 0 unspecified atom stereocenters. The van der Waals surface area contributed by atoms with E-state index < -0.39 is 11.6 Å². The Balaban J connectivity index is 1.15. The van der Waals surface area contributed by atoms with Crippen molar-refractivity contribution in [3.63, 3.8) is 0 Å². The van der Waals surface area contributed by atoms with Crippen molar-refractivity contribution >= 4 is 16.9 Å². The van der Waals surface area contributed by atoms with Gasteiger partial charge in [0, 0.05) is 11.8 Å². The van der Waals surface area contributed by atoms with Crippen molar-refractivity contribution in [1.82, 2.24) is 0 Å². The molecule has 0 saturated heterocycles. The number of hydrogen-bond acceptors (Lipinski definition) is 4. The molecule has 0 N–H and O–H groups in total. The van der Waals surface area contributed by atoms with E-state index >= 15 is 0 Å². The van der Waals surface area contributed by atoms with Gasteiger partial charge in [-0.25, -0.2) is 9.59 Å². The molecule has 3 saturated carbocycles. The van der Waals surface area contributed by atoms with Crippen LogP contribution in [0.25, 0.3) is 11.0 Å². The Bertz CT molecular complexity index is 1380. The molecule has 4 nitrogen and oxygen atoms in total. The molecule has 222 valence electrons. The number of ether oxygens (including phenoxy) is 1. The molecule has 1 aromatic carbocycles. The Hall–Kier alpha value is -2.36.